The molecule has 0 aliphatic rings. The van der Waals surface area contributed by atoms with Gasteiger partial charge >= 0.3 is 0 Å². The molecule has 5 heteroatoms. The van der Waals surface area contributed by atoms with E-state index in [0.29, 0.717) is 0 Å². The van der Waals surface area contributed by atoms with Crippen LogP contribution in [0.2, 0.25) is 18.1 Å². The first-order valence-corrected chi connectivity index (χ1v) is 11.5. The molecular weight excluding hydrogens is 318 g/mol. The van der Waals surface area contributed by atoms with Crippen LogP contribution in [0.5, 0.6) is 5.75 Å². The molecule has 1 N–H and O–H groups in total. The highest BCUT2D eigenvalue weighted by Gasteiger charge is 2.40. The van der Waals surface area contributed by atoms with Crippen molar-refractivity contribution in [2.24, 2.45) is 0 Å². The predicted octanol–water partition coefficient (Wildman–Crippen LogP) is 4.25. The molecule has 0 amide bonds. The summed E-state index contributed by atoms with van der Waals surface area (Å²) in [6, 6.07) is 6.11. The fourth-order valence-corrected chi connectivity index (χ4v) is 3.95. The number of benzene rings is 1. The molecular formula is C19H35NO3Si. The van der Waals surface area contributed by atoms with E-state index in [4.69, 9.17) is 9.16 Å². The van der Waals surface area contributed by atoms with E-state index < -0.39 is 8.32 Å². The van der Waals surface area contributed by atoms with Gasteiger partial charge in [0.1, 0.15) is 5.75 Å². The Hall–Kier alpha value is -1.04. The minimum absolute atomic E-state index is 0.0352. The predicted molar refractivity (Wildman–Crippen MR) is 105 cm³/mol. The molecule has 1 aromatic rings. The maximum absolute atomic E-state index is 10.0. The molecule has 0 saturated heterocycles. The first kappa shape index (κ1) is 21.0. The van der Waals surface area contributed by atoms with E-state index in [2.05, 4.69) is 46.9 Å². The summed E-state index contributed by atoms with van der Waals surface area (Å²) < 4.78 is 12.1. The zero-order chi connectivity index (χ0) is 18.7. The van der Waals surface area contributed by atoms with Gasteiger partial charge in [0, 0.05) is 37.3 Å². The number of rotatable bonds is 7. The van der Waals surface area contributed by atoms with Gasteiger partial charge in [-0.2, -0.15) is 0 Å². The van der Waals surface area contributed by atoms with Crippen molar-refractivity contribution in [3.63, 3.8) is 0 Å². The Kier molecular flexibility index (Phi) is 6.91. The normalized spacial score (nSPS) is 15.1. The van der Waals surface area contributed by atoms with Gasteiger partial charge in [0.05, 0.1) is 19.8 Å². The van der Waals surface area contributed by atoms with Crippen molar-refractivity contribution in [3.05, 3.63) is 23.8 Å². The van der Waals surface area contributed by atoms with Crippen LogP contribution in [0, 0.1) is 0 Å². The van der Waals surface area contributed by atoms with E-state index in [-0.39, 0.29) is 23.7 Å². The van der Waals surface area contributed by atoms with Crippen molar-refractivity contribution in [1.29, 1.82) is 0 Å². The number of anilines is 1. The highest BCUT2D eigenvalue weighted by Crippen LogP contribution is 2.40. The molecule has 2 atom stereocenters. The fraction of sp³-hybridized carbons (Fsp3) is 0.684. The second-order valence-corrected chi connectivity index (χ2v) is 12.9. The number of hydrogen-bond donors (Lipinski definition) is 1. The monoisotopic (exact) mass is 353 g/mol. The Balaban J connectivity index is 3.13. The number of aliphatic hydroxyl groups is 1. The first-order valence-electron chi connectivity index (χ1n) is 8.58. The number of aliphatic hydroxyl groups excluding tert-OH is 1. The Morgan fingerprint density at radius 2 is 1.79 bits per heavy atom. The van der Waals surface area contributed by atoms with Crippen LogP contribution in [0.4, 0.5) is 5.69 Å². The van der Waals surface area contributed by atoms with Crippen molar-refractivity contribution in [2.75, 3.05) is 32.7 Å². The Morgan fingerprint density at radius 3 is 2.21 bits per heavy atom. The molecule has 24 heavy (non-hydrogen) atoms. The van der Waals surface area contributed by atoms with Crippen molar-refractivity contribution in [2.45, 2.75) is 57.8 Å². The molecule has 0 heterocycles. The Morgan fingerprint density at radius 1 is 1.21 bits per heavy atom. The topological polar surface area (TPSA) is 41.9 Å². The van der Waals surface area contributed by atoms with Crippen LogP contribution in [0.15, 0.2) is 18.2 Å². The van der Waals surface area contributed by atoms with Gasteiger partial charge in [-0.05, 0) is 31.1 Å². The molecule has 0 bridgehead atoms. The molecule has 0 aliphatic heterocycles. The van der Waals surface area contributed by atoms with Crippen LogP contribution in [-0.4, -0.2) is 47.3 Å². The van der Waals surface area contributed by atoms with Crippen molar-refractivity contribution < 1.29 is 14.3 Å². The molecule has 0 spiro atoms. The molecule has 0 aromatic heterocycles. The van der Waals surface area contributed by atoms with E-state index in [1.54, 1.807) is 7.11 Å². The van der Waals surface area contributed by atoms with Crippen molar-refractivity contribution in [1.82, 2.24) is 0 Å². The summed E-state index contributed by atoms with van der Waals surface area (Å²) in [5.41, 5.74) is 2.07. The Labute approximate surface area is 148 Å². The highest BCUT2D eigenvalue weighted by molar-refractivity contribution is 6.74. The summed E-state index contributed by atoms with van der Waals surface area (Å²) in [5, 5.41) is 10.2. The van der Waals surface area contributed by atoms with E-state index >= 15 is 0 Å². The molecule has 2 unspecified atom stereocenters. The second kappa shape index (κ2) is 7.89. The average Bonchev–Trinajstić information content (AvgIpc) is 2.46. The van der Waals surface area contributed by atoms with Gasteiger partial charge in [-0.15, -0.1) is 0 Å². The lowest BCUT2D eigenvalue weighted by atomic mass is 9.94. The van der Waals surface area contributed by atoms with E-state index in [1.165, 1.54) is 0 Å². The lowest BCUT2D eigenvalue weighted by Crippen LogP contribution is -2.45. The van der Waals surface area contributed by atoms with Crippen molar-refractivity contribution >= 4 is 14.0 Å². The molecule has 0 aliphatic carbocycles. The minimum Gasteiger partial charge on any atom is -0.496 e. The number of hydrogen-bond acceptors (Lipinski definition) is 4. The van der Waals surface area contributed by atoms with Crippen LogP contribution in [-0.2, 0) is 4.43 Å². The van der Waals surface area contributed by atoms with Gasteiger partial charge in [0.15, 0.2) is 8.32 Å². The standard InChI is InChI=1S/C19H35NO3Si/c1-14(23-24(8,9)19(2,3)4)17(13-21)16-11-10-15(20(5)6)12-18(16)22-7/h10-12,14,17,21H,13H2,1-9H3. The zero-order valence-electron chi connectivity index (χ0n) is 16.8. The van der Waals surface area contributed by atoms with E-state index in [1.807, 2.05) is 31.1 Å². The maximum atomic E-state index is 10.0. The van der Waals surface area contributed by atoms with Crippen LogP contribution in [0.25, 0.3) is 0 Å². The summed E-state index contributed by atoms with van der Waals surface area (Å²) in [4.78, 5) is 2.04. The largest absolute Gasteiger partial charge is 0.496 e. The summed E-state index contributed by atoms with van der Waals surface area (Å²) >= 11 is 0. The lowest BCUT2D eigenvalue weighted by molar-refractivity contribution is 0.126. The quantitative estimate of drug-likeness (QED) is 0.744. The van der Waals surface area contributed by atoms with E-state index in [0.717, 1.165) is 17.0 Å². The molecule has 138 valence electrons. The van der Waals surface area contributed by atoms with E-state index in [9.17, 15) is 5.11 Å². The maximum Gasteiger partial charge on any atom is 0.192 e. The molecule has 4 nitrogen and oxygen atoms in total. The van der Waals surface area contributed by atoms with Gasteiger partial charge in [-0.1, -0.05) is 26.8 Å². The van der Waals surface area contributed by atoms with Gasteiger partial charge in [0.2, 0.25) is 0 Å². The first-order chi connectivity index (χ1) is 10.9. The van der Waals surface area contributed by atoms with Gasteiger partial charge in [0.25, 0.3) is 0 Å². The van der Waals surface area contributed by atoms with Gasteiger partial charge in [-0.3, -0.25) is 0 Å². The third-order valence-electron chi connectivity index (χ3n) is 5.18. The SMILES string of the molecule is COc1cc(N(C)C)ccc1C(CO)C(C)O[Si](C)(C)C(C)(C)C. The average molecular weight is 354 g/mol. The molecule has 0 saturated carbocycles. The zero-order valence-corrected chi connectivity index (χ0v) is 17.8. The minimum atomic E-state index is -1.90. The smallest absolute Gasteiger partial charge is 0.192 e. The third kappa shape index (κ3) is 4.74. The number of nitrogens with zero attached hydrogens (tertiary/aromatic N) is 1. The summed E-state index contributed by atoms with van der Waals surface area (Å²) in [6.45, 7) is 13.3. The summed E-state index contributed by atoms with van der Waals surface area (Å²) in [5.74, 6) is 0.691. The number of methoxy groups -OCH3 is 1. The summed E-state index contributed by atoms with van der Waals surface area (Å²) in [6.07, 6.45) is -0.0741. The van der Waals surface area contributed by atoms with Gasteiger partial charge < -0.3 is 19.2 Å². The second-order valence-electron chi connectivity index (χ2n) is 8.19. The Bertz CT molecular complexity index is 538. The van der Waals surface area contributed by atoms with Crippen LogP contribution >= 0.6 is 0 Å². The molecule has 0 radical (unpaired) electrons. The van der Waals surface area contributed by atoms with Crippen LogP contribution in [0.3, 0.4) is 0 Å². The van der Waals surface area contributed by atoms with Crippen LogP contribution in [0.1, 0.15) is 39.2 Å². The molecule has 1 aromatic carbocycles. The van der Waals surface area contributed by atoms with Crippen LogP contribution < -0.4 is 9.64 Å². The third-order valence-corrected chi connectivity index (χ3v) is 9.76. The fourth-order valence-electron chi connectivity index (χ4n) is 2.51. The summed E-state index contributed by atoms with van der Waals surface area (Å²) in [7, 11) is 3.78. The van der Waals surface area contributed by atoms with Gasteiger partial charge in [-0.25, -0.2) is 0 Å². The molecule has 0 fully saturated rings. The highest BCUT2D eigenvalue weighted by atomic mass is 28.4. The molecule has 1 rings (SSSR count). The van der Waals surface area contributed by atoms with Crippen molar-refractivity contribution in [3.8, 4) is 5.75 Å². The lowest BCUT2D eigenvalue weighted by Gasteiger charge is -2.40. The number of ether oxygens (including phenoxy) is 1.